The van der Waals surface area contributed by atoms with Crippen LogP contribution < -0.4 is 11.5 Å². The van der Waals surface area contributed by atoms with Gasteiger partial charge in [-0.25, -0.2) is 0 Å². The third kappa shape index (κ3) is 22.0. The fourth-order valence-corrected chi connectivity index (χ4v) is 3.63. The fraction of sp³-hybridized carbons (Fsp3) is 1.00. The third-order valence-corrected chi connectivity index (χ3v) is 5.41. The first-order valence-electron chi connectivity index (χ1n) is 11.9. The van der Waals surface area contributed by atoms with Crippen molar-refractivity contribution >= 4 is 0 Å². The van der Waals surface area contributed by atoms with Crippen molar-refractivity contribution in [3.05, 3.63) is 0 Å². The average Bonchev–Trinajstić information content (AvgIpc) is 2.61. The van der Waals surface area contributed by atoms with E-state index in [-0.39, 0.29) is 0 Å². The van der Waals surface area contributed by atoms with Crippen LogP contribution in [0.25, 0.3) is 0 Å². The van der Waals surface area contributed by atoms with Gasteiger partial charge in [0.05, 0.1) is 27.7 Å². The molecule has 0 aromatic heterocycles. The van der Waals surface area contributed by atoms with Crippen LogP contribution >= 0.6 is 0 Å². The van der Waals surface area contributed by atoms with Crippen molar-refractivity contribution in [2.45, 2.75) is 89.9 Å². The molecule has 0 heterocycles. The predicted octanol–water partition coefficient (Wildman–Crippen LogP) is 4.37. The van der Waals surface area contributed by atoms with E-state index in [2.05, 4.69) is 26.0 Å². The lowest BCUT2D eigenvalue weighted by atomic mass is 10.1. The van der Waals surface area contributed by atoms with Crippen LogP contribution in [0, 0.1) is 0 Å². The first-order chi connectivity index (χ1) is 13.0. The number of nitrogens with two attached hydrogens (primary N) is 2. The second kappa shape index (κ2) is 19.2. The van der Waals surface area contributed by atoms with Gasteiger partial charge in [0.25, 0.3) is 0 Å². The lowest BCUT2D eigenvalue weighted by molar-refractivity contribution is -0.870. The lowest BCUT2D eigenvalue weighted by Crippen LogP contribution is -2.35. The Morgan fingerprint density at radius 3 is 1.19 bits per heavy atom. The Kier molecular flexibility index (Phi) is 19.1. The van der Waals surface area contributed by atoms with E-state index in [0.29, 0.717) is 0 Å². The Morgan fingerprint density at radius 1 is 0.481 bits per heavy atom. The molecule has 4 N–H and O–H groups in total. The van der Waals surface area contributed by atoms with E-state index >= 15 is 0 Å². The summed E-state index contributed by atoms with van der Waals surface area (Å²) < 4.78 is 1.11. The number of nitrogens with zero attached hydrogens (tertiary/aromatic N) is 2. The van der Waals surface area contributed by atoms with Crippen LogP contribution in [0.2, 0.25) is 0 Å². The molecule has 0 bridgehead atoms. The smallest absolute Gasteiger partial charge is 0.0780 e. The van der Waals surface area contributed by atoms with Crippen LogP contribution in [0.15, 0.2) is 0 Å². The Balaban J connectivity index is 3.46. The first-order valence-corrected chi connectivity index (χ1v) is 11.9. The molecule has 4 nitrogen and oxygen atoms in total. The molecule has 0 aromatic rings. The molecule has 0 aromatic carbocycles. The third-order valence-electron chi connectivity index (χ3n) is 5.41. The van der Waals surface area contributed by atoms with Gasteiger partial charge < -0.3 is 20.9 Å². The molecule has 4 heteroatoms. The molecule has 0 rings (SSSR count). The molecular formula is C23H53N4+. The van der Waals surface area contributed by atoms with E-state index in [4.69, 9.17) is 11.5 Å². The highest BCUT2D eigenvalue weighted by Gasteiger charge is 2.05. The van der Waals surface area contributed by atoms with Crippen LogP contribution in [0.1, 0.15) is 89.9 Å². The first kappa shape index (κ1) is 26.8. The summed E-state index contributed by atoms with van der Waals surface area (Å²) in [5, 5.41) is 0. The van der Waals surface area contributed by atoms with Crippen molar-refractivity contribution in [3.63, 3.8) is 0 Å². The van der Waals surface area contributed by atoms with E-state index in [1.165, 1.54) is 103 Å². The molecule has 0 unspecified atom stereocenters. The van der Waals surface area contributed by atoms with Crippen LogP contribution in [-0.2, 0) is 0 Å². The summed E-state index contributed by atoms with van der Waals surface area (Å²) in [5.41, 5.74) is 11.3. The topological polar surface area (TPSA) is 55.3 Å². The summed E-state index contributed by atoms with van der Waals surface area (Å²) in [5.74, 6) is 0. The molecular weight excluding hydrogens is 332 g/mol. The van der Waals surface area contributed by atoms with Crippen molar-refractivity contribution in [2.75, 3.05) is 60.4 Å². The minimum absolute atomic E-state index is 0.826. The van der Waals surface area contributed by atoms with Crippen molar-refractivity contribution < 1.29 is 4.48 Å². The summed E-state index contributed by atoms with van der Waals surface area (Å²) in [6, 6.07) is 0. The van der Waals surface area contributed by atoms with Crippen molar-refractivity contribution in [1.82, 2.24) is 4.90 Å². The fourth-order valence-electron chi connectivity index (χ4n) is 3.63. The molecule has 0 saturated heterocycles. The lowest BCUT2D eigenvalue weighted by Gasteiger charge is -2.23. The molecule has 0 radical (unpaired) electrons. The summed E-state index contributed by atoms with van der Waals surface area (Å²) in [6.07, 6.45) is 18.9. The molecule has 0 aliphatic carbocycles. The van der Waals surface area contributed by atoms with Gasteiger partial charge in [0.2, 0.25) is 0 Å². The molecule has 0 aliphatic rings. The van der Waals surface area contributed by atoms with Gasteiger partial charge in [-0.1, -0.05) is 44.9 Å². The number of rotatable bonds is 21. The summed E-state index contributed by atoms with van der Waals surface area (Å²) in [7, 11) is 6.87. The molecule has 0 fully saturated rings. The van der Waals surface area contributed by atoms with Gasteiger partial charge in [0.15, 0.2) is 0 Å². The molecule has 0 amide bonds. The van der Waals surface area contributed by atoms with Crippen LogP contribution in [0.4, 0.5) is 0 Å². The Morgan fingerprint density at radius 2 is 0.815 bits per heavy atom. The van der Waals surface area contributed by atoms with E-state index in [1.807, 2.05) is 0 Å². The van der Waals surface area contributed by atoms with Crippen molar-refractivity contribution in [1.29, 1.82) is 0 Å². The van der Waals surface area contributed by atoms with E-state index in [0.717, 1.165) is 30.4 Å². The Hall–Kier alpha value is -0.160. The zero-order valence-electron chi connectivity index (χ0n) is 19.2. The monoisotopic (exact) mass is 385 g/mol. The largest absolute Gasteiger partial charge is 0.331 e. The zero-order chi connectivity index (χ0) is 20.2. The molecule has 0 atom stereocenters. The van der Waals surface area contributed by atoms with Gasteiger partial charge in [0.1, 0.15) is 0 Å². The minimum Gasteiger partial charge on any atom is -0.331 e. The van der Waals surface area contributed by atoms with Gasteiger partial charge >= 0.3 is 0 Å². The maximum Gasteiger partial charge on any atom is 0.0780 e. The molecule has 164 valence electrons. The highest BCUT2D eigenvalue weighted by molar-refractivity contribution is 4.60. The highest BCUT2D eigenvalue weighted by Crippen LogP contribution is 2.12. The highest BCUT2D eigenvalue weighted by atomic mass is 15.3. The second-order valence-corrected chi connectivity index (χ2v) is 9.38. The minimum atomic E-state index is 0.826. The Bertz CT molecular complexity index is 279. The zero-order valence-corrected chi connectivity index (χ0v) is 19.2. The molecule has 27 heavy (non-hydrogen) atoms. The summed E-state index contributed by atoms with van der Waals surface area (Å²) >= 11 is 0. The standard InChI is InChI=1S/C23H53N4/c1-27(2,3)23-17-11-9-7-5-4-6-8-10-14-20-26(21-15-12-18-24)22-16-13-19-25/h4-25H2,1-3H3/q+1. The van der Waals surface area contributed by atoms with Gasteiger partial charge in [-0.05, 0) is 77.7 Å². The second-order valence-electron chi connectivity index (χ2n) is 9.38. The van der Waals surface area contributed by atoms with Crippen LogP contribution in [0.3, 0.4) is 0 Å². The molecule has 0 aliphatic heterocycles. The van der Waals surface area contributed by atoms with Crippen molar-refractivity contribution in [3.8, 4) is 0 Å². The number of unbranched alkanes of at least 4 members (excludes halogenated alkanes) is 11. The normalized spacial score (nSPS) is 12.2. The quantitative estimate of drug-likeness (QED) is 0.228. The van der Waals surface area contributed by atoms with Crippen molar-refractivity contribution in [2.24, 2.45) is 11.5 Å². The average molecular weight is 386 g/mol. The van der Waals surface area contributed by atoms with Crippen LogP contribution in [-0.4, -0.2) is 69.8 Å². The number of hydrogen-bond donors (Lipinski definition) is 2. The van der Waals surface area contributed by atoms with Gasteiger partial charge in [-0.3, -0.25) is 0 Å². The predicted molar refractivity (Wildman–Crippen MR) is 122 cm³/mol. The Labute approximate surface area is 171 Å². The van der Waals surface area contributed by atoms with E-state index in [9.17, 15) is 0 Å². The maximum absolute atomic E-state index is 5.63. The van der Waals surface area contributed by atoms with Gasteiger partial charge in [0, 0.05) is 0 Å². The van der Waals surface area contributed by atoms with E-state index < -0.39 is 0 Å². The molecule has 0 saturated carbocycles. The van der Waals surface area contributed by atoms with E-state index in [1.54, 1.807) is 0 Å². The van der Waals surface area contributed by atoms with Gasteiger partial charge in [-0.15, -0.1) is 0 Å². The molecule has 0 spiro atoms. The SMILES string of the molecule is C[N+](C)(C)CCCCCCCCCCCCN(CCCCN)CCCCN. The number of hydrogen-bond acceptors (Lipinski definition) is 3. The number of quaternary nitrogens is 1. The maximum atomic E-state index is 5.63. The summed E-state index contributed by atoms with van der Waals surface area (Å²) in [6.45, 7) is 6.67. The summed E-state index contributed by atoms with van der Waals surface area (Å²) in [4.78, 5) is 2.64. The van der Waals surface area contributed by atoms with Gasteiger partial charge in [-0.2, -0.15) is 0 Å². The van der Waals surface area contributed by atoms with Crippen LogP contribution in [0.5, 0.6) is 0 Å².